The molecule has 5 nitrogen and oxygen atoms in total. The van der Waals surface area contributed by atoms with Crippen molar-refractivity contribution in [2.75, 3.05) is 20.3 Å². The summed E-state index contributed by atoms with van der Waals surface area (Å²) in [6.07, 6.45) is -0.459. The minimum absolute atomic E-state index is 0.132. The zero-order valence-electron chi connectivity index (χ0n) is 16.3. The number of aliphatic hydroxyl groups is 1. The third-order valence-corrected chi connectivity index (χ3v) is 4.47. The van der Waals surface area contributed by atoms with Gasteiger partial charge in [0.1, 0.15) is 5.75 Å². The number of hydrogen-bond acceptors (Lipinski definition) is 5. The molecule has 0 aliphatic carbocycles. The number of nitrogens with one attached hydrogen (secondary N) is 1. The van der Waals surface area contributed by atoms with E-state index in [4.69, 9.17) is 14.2 Å². The first kappa shape index (κ1) is 21.5. The van der Waals surface area contributed by atoms with Gasteiger partial charge in [0.15, 0.2) is 11.5 Å². The Morgan fingerprint density at radius 2 is 1.85 bits per heavy atom. The van der Waals surface area contributed by atoms with Crippen molar-refractivity contribution < 1.29 is 19.3 Å². The second kappa shape index (κ2) is 10.5. The highest BCUT2D eigenvalue weighted by molar-refractivity contribution is 9.10. The minimum Gasteiger partial charge on any atom is -0.493 e. The maximum absolute atomic E-state index is 10.4. The van der Waals surface area contributed by atoms with Gasteiger partial charge in [0, 0.05) is 13.1 Å². The second-order valence-electron chi connectivity index (χ2n) is 6.42. The van der Waals surface area contributed by atoms with Gasteiger partial charge < -0.3 is 24.6 Å². The highest BCUT2D eigenvalue weighted by Gasteiger charge is 2.12. The van der Waals surface area contributed by atoms with E-state index in [-0.39, 0.29) is 6.10 Å². The summed E-state index contributed by atoms with van der Waals surface area (Å²) in [6, 6.07) is 11.5. The van der Waals surface area contributed by atoms with Crippen LogP contribution in [0.15, 0.2) is 40.9 Å². The molecule has 2 aromatic rings. The van der Waals surface area contributed by atoms with Gasteiger partial charge in [-0.1, -0.05) is 12.1 Å². The molecule has 2 aromatic carbocycles. The van der Waals surface area contributed by atoms with Crippen LogP contribution < -0.4 is 19.5 Å². The molecule has 0 spiro atoms. The van der Waals surface area contributed by atoms with Crippen molar-refractivity contribution >= 4 is 15.9 Å². The fourth-order valence-electron chi connectivity index (χ4n) is 2.67. The van der Waals surface area contributed by atoms with Gasteiger partial charge in [0.05, 0.1) is 30.4 Å². The number of rotatable bonds is 10. The summed E-state index contributed by atoms with van der Waals surface area (Å²) < 4.78 is 17.5. The van der Waals surface area contributed by atoms with E-state index in [1.54, 1.807) is 7.11 Å². The fraction of sp³-hybridized carbons (Fsp3) is 0.429. The van der Waals surface area contributed by atoms with Gasteiger partial charge in [-0.15, -0.1) is 0 Å². The first-order valence-corrected chi connectivity index (χ1v) is 9.88. The smallest absolute Gasteiger partial charge is 0.175 e. The number of hydrogen-bond donors (Lipinski definition) is 2. The number of halogens is 1. The molecule has 0 aliphatic heterocycles. The predicted octanol–water partition coefficient (Wildman–Crippen LogP) is 4.47. The third-order valence-electron chi connectivity index (χ3n) is 3.88. The number of benzene rings is 2. The number of aliphatic hydroxyl groups excluding tert-OH is 1. The van der Waals surface area contributed by atoms with Crippen LogP contribution >= 0.6 is 15.9 Å². The molecule has 0 amide bonds. The molecule has 2 N–H and O–H groups in total. The SMILES string of the molecule is CCOc1c(Br)cc(CNC[C@H](O)c2ccc(OC(C)C)cc2)cc1OC. The van der Waals surface area contributed by atoms with Crippen molar-refractivity contribution in [2.24, 2.45) is 0 Å². The van der Waals surface area contributed by atoms with Gasteiger partial charge in [0.2, 0.25) is 0 Å². The van der Waals surface area contributed by atoms with Crippen LogP contribution in [-0.4, -0.2) is 31.5 Å². The molecule has 1 atom stereocenters. The van der Waals surface area contributed by atoms with Crippen molar-refractivity contribution in [3.63, 3.8) is 0 Å². The molecule has 0 saturated heterocycles. The Hall–Kier alpha value is -1.76. The normalized spacial score (nSPS) is 12.1. The summed E-state index contributed by atoms with van der Waals surface area (Å²) in [5, 5.41) is 13.7. The zero-order chi connectivity index (χ0) is 19.8. The zero-order valence-corrected chi connectivity index (χ0v) is 17.9. The van der Waals surface area contributed by atoms with E-state index in [1.807, 2.05) is 57.2 Å². The quantitative estimate of drug-likeness (QED) is 0.574. The first-order chi connectivity index (χ1) is 12.9. The molecule has 0 bridgehead atoms. The Balaban J connectivity index is 1.92. The standard InChI is InChI=1S/C21H28BrNO4/c1-5-26-21-18(22)10-15(11-20(21)25-4)12-23-13-19(24)16-6-8-17(9-7-16)27-14(2)3/h6-11,14,19,23-24H,5,12-13H2,1-4H3/t19-/m0/s1. The van der Waals surface area contributed by atoms with E-state index in [9.17, 15) is 5.11 Å². The van der Waals surface area contributed by atoms with Crippen LogP contribution in [0.5, 0.6) is 17.2 Å². The summed E-state index contributed by atoms with van der Waals surface area (Å²) in [5.74, 6) is 2.19. The van der Waals surface area contributed by atoms with Crippen LogP contribution in [-0.2, 0) is 6.54 Å². The third kappa shape index (κ3) is 6.41. The molecule has 2 rings (SSSR count). The molecule has 0 unspecified atom stereocenters. The Labute approximate surface area is 169 Å². The van der Waals surface area contributed by atoms with Gasteiger partial charge in [0.25, 0.3) is 0 Å². The molecule has 6 heteroatoms. The van der Waals surface area contributed by atoms with Crippen molar-refractivity contribution in [1.29, 1.82) is 0 Å². The van der Waals surface area contributed by atoms with Gasteiger partial charge >= 0.3 is 0 Å². The van der Waals surface area contributed by atoms with E-state index in [0.717, 1.165) is 21.3 Å². The van der Waals surface area contributed by atoms with Crippen LogP contribution in [0.1, 0.15) is 38.0 Å². The summed E-state index contributed by atoms with van der Waals surface area (Å²) in [6.45, 7) is 7.52. The monoisotopic (exact) mass is 437 g/mol. The van der Waals surface area contributed by atoms with Crippen LogP contribution in [0.2, 0.25) is 0 Å². The molecule has 27 heavy (non-hydrogen) atoms. The summed E-state index contributed by atoms with van der Waals surface area (Å²) >= 11 is 3.53. The Bertz CT molecular complexity index is 719. The fourth-order valence-corrected chi connectivity index (χ4v) is 3.28. The maximum atomic E-state index is 10.4. The molecular weight excluding hydrogens is 410 g/mol. The molecule has 0 heterocycles. The molecule has 0 radical (unpaired) electrons. The van der Waals surface area contributed by atoms with Crippen molar-refractivity contribution in [1.82, 2.24) is 5.32 Å². The maximum Gasteiger partial charge on any atom is 0.175 e. The predicted molar refractivity (Wildman–Crippen MR) is 111 cm³/mol. The summed E-state index contributed by atoms with van der Waals surface area (Å²) in [5.41, 5.74) is 1.89. The molecule has 0 aromatic heterocycles. The minimum atomic E-state index is -0.592. The van der Waals surface area contributed by atoms with E-state index in [1.165, 1.54) is 0 Å². The second-order valence-corrected chi connectivity index (χ2v) is 7.28. The lowest BCUT2D eigenvalue weighted by molar-refractivity contribution is 0.174. The van der Waals surface area contributed by atoms with Crippen LogP contribution in [0, 0.1) is 0 Å². The van der Waals surface area contributed by atoms with Crippen molar-refractivity contribution in [2.45, 2.75) is 39.5 Å². The van der Waals surface area contributed by atoms with Gasteiger partial charge in [-0.2, -0.15) is 0 Å². The van der Waals surface area contributed by atoms with E-state index in [2.05, 4.69) is 21.2 Å². The highest BCUT2D eigenvalue weighted by atomic mass is 79.9. The van der Waals surface area contributed by atoms with Crippen LogP contribution in [0.4, 0.5) is 0 Å². The van der Waals surface area contributed by atoms with Gasteiger partial charge in [-0.05, 0) is 72.1 Å². The van der Waals surface area contributed by atoms with E-state index >= 15 is 0 Å². The van der Waals surface area contributed by atoms with Gasteiger partial charge in [-0.3, -0.25) is 0 Å². The Kier molecular flexibility index (Phi) is 8.41. The summed E-state index contributed by atoms with van der Waals surface area (Å²) in [7, 11) is 1.62. The Morgan fingerprint density at radius 1 is 1.15 bits per heavy atom. The lowest BCUT2D eigenvalue weighted by atomic mass is 10.1. The molecule has 148 valence electrons. The average Bonchev–Trinajstić information content (AvgIpc) is 2.63. The van der Waals surface area contributed by atoms with Gasteiger partial charge in [-0.25, -0.2) is 0 Å². The lowest BCUT2D eigenvalue weighted by Gasteiger charge is -2.16. The van der Waals surface area contributed by atoms with Crippen molar-refractivity contribution in [3.05, 3.63) is 52.0 Å². The van der Waals surface area contributed by atoms with E-state index in [0.29, 0.717) is 31.2 Å². The average molecular weight is 438 g/mol. The molecule has 0 fully saturated rings. The molecule has 0 aliphatic rings. The highest BCUT2D eigenvalue weighted by Crippen LogP contribution is 2.36. The largest absolute Gasteiger partial charge is 0.493 e. The van der Waals surface area contributed by atoms with Crippen molar-refractivity contribution in [3.8, 4) is 17.2 Å². The molecule has 0 saturated carbocycles. The lowest BCUT2D eigenvalue weighted by Crippen LogP contribution is -2.21. The molecular formula is C21H28BrNO4. The van der Waals surface area contributed by atoms with Crippen LogP contribution in [0.25, 0.3) is 0 Å². The van der Waals surface area contributed by atoms with E-state index < -0.39 is 6.10 Å². The van der Waals surface area contributed by atoms with Crippen LogP contribution in [0.3, 0.4) is 0 Å². The topological polar surface area (TPSA) is 60.0 Å². The number of methoxy groups -OCH3 is 1. The Morgan fingerprint density at radius 3 is 2.44 bits per heavy atom. The number of ether oxygens (including phenoxy) is 3. The first-order valence-electron chi connectivity index (χ1n) is 9.09. The summed E-state index contributed by atoms with van der Waals surface area (Å²) in [4.78, 5) is 0.